The van der Waals surface area contributed by atoms with Gasteiger partial charge in [0, 0.05) is 11.9 Å². The molecule has 170 valence electrons. The Morgan fingerprint density at radius 3 is 2.38 bits per heavy atom. The molecular weight excluding hydrogens is 417 g/mol. The molecule has 3 rings (SSSR count). The largest absolute Gasteiger partial charge is 0.491 e. The molecule has 0 aliphatic heterocycles. The van der Waals surface area contributed by atoms with E-state index in [-0.39, 0.29) is 11.8 Å². The Hall–Kier alpha value is -3.29. The quantitative estimate of drug-likeness (QED) is 0.363. The number of benzene rings is 2. The van der Waals surface area contributed by atoms with E-state index in [1.165, 1.54) is 5.56 Å². The van der Waals surface area contributed by atoms with E-state index < -0.39 is 11.7 Å². The van der Waals surface area contributed by atoms with Crippen molar-refractivity contribution in [3.05, 3.63) is 65.9 Å². The number of hydrogen-bond donors (Lipinski definition) is 2. The van der Waals surface area contributed by atoms with Crippen LogP contribution in [0.2, 0.25) is 0 Å². The van der Waals surface area contributed by atoms with Crippen LogP contribution in [0.25, 0.3) is 0 Å². The van der Waals surface area contributed by atoms with Gasteiger partial charge in [-0.25, -0.2) is 4.98 Å². The minimum Gasteiger partial charge on any atom is -0.491 e. The van der Waals surface area contributed by atoms with Gasteiger partial charge in [-0.1, -0.05) is 45.0 Å². The summed E-state index contributed by atoms with van der Waals surface area (Å²) < 4.78 is 46.4. The number of halogens is 3. The molecule has 1 aromatic heterocycles. The highest BCUT2D eigenvalue weighted by atomic mass is 19.4. The summed E-state index contributed by atoms with van der Waals surface area (Å²) in [6, 6.07) is 14.5. The van der Waals surface area contributed by atoms with Gasteiger partial charge in [-0.05, 0) is 48.6 Å². The van der Waals surface area contributed by atoms with Crippen molar-refractivity contribution >= 4 is 23.1 Å². The van der Waals surface area contributed by atoms with E-state index in [9.17, 15) is 13.2 Å². The van der Waals surface area contributed by atoms with Crippen molar-refractivity contribution in [1.82, 2.24) is 9.97 Å². The maximum Gasteiger partial charge on any atom is 0.421 e. The summed E-state index contributed by atoms with van der Waals surface area (Å²) in [5.74, 6) is 0.593. The number of ether oxygens (including phenoxy) is 1. The first-order chi connectivity index (χ1) is 15.3. The SMILES string of the molecule is CCCOc1ccccc1Nc1nc(Nc2ccc(C(C)CC)cc2)ncc1C(F)(F)F. The normalized spacial score (nSPS) is 12.3. The van der Waals surface area contributed by atoms with Gasteiger partial charge in [0.15, 0.2) is 0 Å². The van der Waals surface area contributed by atoms with Crippen molar-refractivity contribution in [3.8, 4) is 5.75 Å². The molecule has 0 fully saturated rings. The first kappa shape index (κ1) is 23.4. The molecule has 1 unspecified atom stereocenters. The lowest BCUT2D eigenvalue weighted by Gasteiger charge is -2.17. The zero-order chi connectivity index (χ0) is 23.1. The molecule has 0 saturated heterocycles. The maximum absolute atomic E-state index is 13.6. The van der Waals surface area contributed by atoms with Gasteiger partial charge in [0.2, 0.25) is 5.95 Å². The summed E-state index contributed by atoms with van der Waals surface area (Å²) in [5.41, 5.74) is 1.32. The van der Waals surface area contributed by atoms with Gasteiger partial charge in [-0.15, -0.1) is 0 Å². The van der Waals surface area contributed by atoms with Crippen molar-refractivity contribution < 1.29 is 17.9 Å². The van der Waals surface area contributed by atoms with Gasteiger partial charge < -0.3 is 15.4 Å². The molecule has 0 amide bonds. The van der Waals surface area contributed by atoms with E-state index in [1.54, 1.807) is 24.3 Å². The fraction of sp³-hybridized carbons (Fsp3) is 0.333. The highest BCUT2D eigenvalue weighted by Crippen LogP contribution is 2.37. The number of anilines is 4. The second-order valence-corrected chi connectivity index (χ2v) is 7.48. The van der Waals surface area contributed by atoms with Crippen LogP contribution in [-0.4, -0.2) is 16.6 Å². The monoisotopic (exact) mass is 444 g/mol. The Balaban J connectivity index is 1.89. The van der Waals surface area contributed by atoms with E-state index >= 15 is 0 Å². The molecule has 0 aliphatic carbocycles. The number of nitrogens with zero attached hydrogens (tertiary/aromatic N) is 2. The summed E-state index contributed by atoms with van der Waals surface area (Å²) in [7, 11) is 0. The van der Waals surface area contributed by atoms with E-state index in [4.69, 9.17) is 4.74 Å². The maximum atomic E-state index is 13.6. The van der Waals surface area contributed by atoms with Gasteiger partial charge in [0.25, 0.3) is 0 Å². The van der Waals surface area contributed by atoms with Crippen molar-refractivity contribution in [2.75, 3.05) is 17.2 Å². The minimum atomic E-state index is -4.61. The van der Waals surface area contributed by atoms with Crippen LogP contribution in [-0.2, 0) is 6.18 Å². The molecule has 0 saturated carbocycles. The third-order valence-corrected chi connectivity index (χ3v) is 5.04. The van der Waals surface area contributed by atoms with Gasteiger partial charge in [0.05, 0.1) is 12.3 Å². The Labute approximate surface area is 186 Å². The molecule has 0 aliphatic rings. The van der Waals surface area contributed by atoms with Gasteiger partial charge in [-0.2, -0.15) is 18.2 Å². The van der Waals surface area contributed by atoms with E-state index in [0.29, 0.717) is 29.6 Å². The summed E-state index contributed by atoms with van der Waals surface area (Å²) in [6.45, 7) is 6.66. The molecule has 0 bridgehead atoms. The molecule has 32 heavy (non-hydrogen) atoms. The first-order valence-corrected chi connectivity index (χ1v) is 10.6. The third-order valence-electron chi connectivity index (χ3n) is 5.04. The van der Waals surface area contributed by atoms with Crippen LogP contribution in [0.15, 0.2) is 54.7 Å². The summed E-state index contributed by atoms with van der Waals surface area (Å²) >= 11 is 0. The second-order valence-electron chi connectivity index (χ2n) is 7.48. The number of rotatable bonds is 9. The molecule has 5 nitrogen and oxygen atoms in total. The van der Waals surface area contributed by atoms with Crippen LogP contribution in [0.3, 0.4) is 0 Å². The highest BCUT2D eigenvalue weighted by Gasteiger charge is 2.35. The number of alkyl halides is 3. The molecule has 2 N–H and O–H groups in total. The number of hydrogen-bond acceptors (Lipinski definition) is 5. The summed E-state index contributed by atoms with van der Waals surface area (Å²) in [5, 5.41) is 5.76. The first-order valence-electron chi connectivity index (χ1n) is 10.6. The average Bonchev–Trinajstić information content (AvgIpc) is 2.78. The van der Waals surface area contributed by atoms with Crippen LogP contribution in [0.1, 0.15) is 50.7 Å². The van der Waals surface area contributed by atoms with Crippen LogP contribution < -0.4 is 15.4 Å². The predicted molar refractivity (Wildman–Crippen MR) is 121 cm³/mol. The molecule has 0 spiro atoms. The molecular formula is C24H27F3N4O. The van der Waals surface area contributed by atoms with Crippen LogP contribution in [0.5, 0.6) is 5.75 Å². The molecule has 2 aromatic carbocycles. The van der Waals surface area contributed by atoms with Gasteiger partial charge >= 0.3 is 6.18 Å². The zero-order valence-corrected chi connectivity index (χ0v) is 18.3. The van der Waals surface area contributed by atoms with Crippen LogP contribution >= 0.6 is 0 Å². The van der Waals surface area contributed by atoms with Crippen LogP contribution in [0, 0.1) is 0 Å². The second kappa shape index (κ2) is 10.3. The summed E-state index contributed by atoms with van der Waals surface area (Å²) in [6.07, 6.45) is -2.04. The fourth-order valence-electron chi connectivity index (χ4n) is 3.04. The number of para-hydroxylation sites is 2. The average molecular weight is 445 g/mol. The van der Waals surface area contributed by atoms with Crippen molar-refractivity contribution in [2.24, 2.45) is 0 Å². The Morgan fingerprint density at radius 1 is 1.00 bits per heavy atom. The van der Waals surface area contributed by atoms with Crippen molar-refractivity contribution in [3.63, 3.8) is 0 Å². The van der Waals surface area contributed by atoms with Crippen molar-refractivity contribution in [2.45, 2.75) is 45.7 Å². The number of nitrogens with one attached hydrogen (secondary N) is 2. The lowest BCUT2D eigenvalue weighted by molar-refractivity contribution is -0.137. The lowest BCUT2D eigenvalue weighted by atomic mass is 9.99. The summed E-state index contributed by atoms with van der Waals surface area (Å²) in [4.78, 5) is 7.99. The third kappa shape index (κ3) is 5.90. The fourth-order valence-corrected chi connectivity index (χ4v) is 3.04. The zero-order valence-electron chi connectivity index (χ0n) is 18.3. The molecule has 1 heterocycles. The molecule has 0 radical (unpaired) electrons. The van der Waals surface area contributed by atoms with E-state index in [1.807, 2.05) is 31.2 Å². The standard InChI is InChI=1S/C24H27F3N4O/c1-4-14-32-21-9-7-6-8-20(21)30-22-19(24(25,26)27)15-28-23(31-22)29-18-12-10-17(11-13-18)16(3)5-2/h6-13,15-16H,4-5,14H2,1-3H3,(H2,28,29,30,31). The molecule has 3 aromatic rings. The Kier molecular flexibility index (Phi) is 7.56. The Bertz CT molecular complexity index is 1020. The van der Waals surface area contributed by atoms with Gasteiger partial charge in [0.1, 0.15) is 17.1 Å². The minimum absolute atomic E-state index is 0.0590. The van der Waals surface area contributed by atoms with Crippen molar-refractivity contribution in [1.29, 1.82) is 0 Å². The van der Waals surface area contributed by atoms with Crippen LogP contribution in [0.4, 0.5) is 36.3 Å². The van der Waals surface area contributed by atoms with E-state index in [0.717, 1.165) is 19.0 Å². The molecule has 1 atom stereocenters. The highest BCUT2D eigenvalue weighted by molar-refractivity contribution is 5.67. The Morgan fingerprint density at radius 2 is 1.72 bits per heavy atom. The smallest absolute Gasteiger partial charge is 0.421 e. The topological polar surface area (TPSA) is 59.1 Å². The van der Waals surface area contributed by atoms with E-state index in [2.05, 4.69) is 34.4 Å². The number of aromatic nitrogens is 2. The molecule has 8 heteroatoms. The predicted octanol–water partition coefficient (Wildman–Crippen LogP) is 7.28. The van der Waals surface area contributed by atoms with Gasteiger partial charge in [-0.3, -0.25) is 0 Å². The lowest BCUT2D eigenvalue weighted by Crippen LogP contribution is -2.13.